The van der Waals surface area contributed by atoms with Crippen molar-refractivity contribution in [2.45, 2.75) is 43.7 Å². The number of amides is 2. The minimum absolute atomic E-state index is 0.0657. The van der Waals surface area contributed by atoms with Gasteiger partial charge in [0.1, 0.15) is 0 Å². The molecule has 29 heavy (non-hydrogen) atoms. The van der Waals surface area contributed by atoms with Crippen molar-refractivity contribution in [2.75, 3.05) is 19.7 Å². The average Bonchev–Trinajstić information content (AvgIpc) is 2.75. The lowest BCUT2D eigenvalue weighted by Crippen LogP contribution is -2.54. The third kappa shape index (κ3) is 4.79. The van der Waals surface area contributed by atoms with E-state index < -0.39 is 0 Å². The van der Waals surface area contributed by atoms with Crippen molar-refractivity contribution in [3.63, 3.8) is 0 Å². The Hall–Kier alpha value is -2.80. The highest BCUT2D eigenvalue weighted by Crippen LogP contribution is 2.35. The number of rotatable bonds is 4. The summed E-state index contributed by atoms with van der Waals surface area (Å²) in [5.41, 5.74) is 1.30. The number of nitrogens with zero attached hydrogens (tertiary/aromatic N) is 3. The number of piperidine rings is 1. The minimum Gasteiger partial charge on any atom is -0.375 e. The number of hydrogen-bond acceptors (Lipinski definition) is 5. The number of benzene rings is 1. The summed E-state index contributed by atoms with van der Waals surface area (Å²) in [5.74, 6) is 0.0364. The number of carbonyl (C=O) groups excluding carboxylic acids is 2. The Morgan fingerprint density at radius 1 is 1.14 bits per heavy atom. The standard InChI is InChI=1S/C22H26N4O3/c27-20(14-17-4-2-1-3-5-17)26-11-8-22(9-12-26)15-19(7-13-29-22)25-21(28)18-6-10-23-24-16-18/h1-6,10,16,19H,7-9,11-15H2,(H,25,28). The predicted octanol–water partition coefficient (Wildman–Crippen LogP) is 1.99. The Bertz CT molecular complexity index is 836. The van der Waals surface area contributed by atoms with Crippen LogP contribution in [0.15, 0.2) is 48.8 Å². The summed E-state index contributed by atoms with van der Waals surface area (Å²) in [6.07, 6.45) is 6.60. The molecule has 2 amide bonds. The van der Waals surface area contributed by atoms with E-state index >= 15 is 0 Å². The van der Waals surface area contributed by atoms with Crippen LogP contribution in [0, 0.1) is 0 Å². The van der Waals surface area contributed by atoms with E-state index in [0.717, 1.165) is 31.2 Å². The monoisotopic (exact) mass is 394 g/mol. The SMILES string of the molecule is O=C(NC1CCOC2(CCN(C(=O)Cc3ccccc3)CC2)C1)c1ccnnc1. The zero-order chi connectivity index (χ0) is 20.1. The molecule has 1 spiro atoms. The molecular formula is C22H26N4O3. The lowest BCUT2D eigenvalue weighted by Gasteiger charge is -2.46. The Labute approximate surface area is 170 Å². The van der Waals surface area contributed by atoms with Gasteiger partial charge < -0.3 is 15.0 Å². The highest BCUT2D eigenvalue weighted by molar-refractivity contribution is 5.93. The van der Waals surface area contributed by atoms with Gasteiger partial charge in [0.2, 0.25) is 5.91 Å². The third-order valence-corrected chi connectivity index (χ3v) is 5.90. The van der Waals surface area contributed by atoms with Crippen molar-refractivity contribution in [2.24, 2.45) is 0 Å². The molecule has 0 saturated carbocycles. The van der Waals surface area contributed by atoms with Gasteiger partial charge in [0.15, 0.2) is 0 Å². The molecule has 2 aliphatic rings. The third-order valence-electron chi connectivity index (χ3n) is 5.90. The van der Waals surface area contributed by atoms with Gasteiger partial charge in [-0.05, 0) is 37.3 Å². The maximum atomic E-state index is 12.6. The Balaban J connectivity index is 1.30. The van der Waals surface area contributed by atoms with Crippen molar-refractivity contribution >= 4 is 11.8 Å². The van der Waals surface area contributed by atoms with Crippen LogP contribution in [0.5, 0.6) is 0 Å². The molecule has 2 fully saturated rings. The lowest BCUT2D eigenvalue weighted by atomic mass is 9.82. The fraction of sp³-hybridized carbons (Fsp3) is 0.455. The topological polar surface area (TPSA) is 84.4 Å². The second kappa shape index (κ2) is 8.69. The largest absolute Gasteiger partial charge is 0.375 e. The van der Waals surface area contributed by atoms with Gasteiger partial charge in [0, 0.05) is 25.7 Å². The number of hydrogen-bond donors (Lipinski definition) is 1. The molecule has 4 rings (SSSR count). The molecule has 1 N–H and O–H groups in total. The van der Waals surface area contributed by atoms with Crippen LogP contribution in [0.25, 0.3) is 0 Å². The molecule has 2 aliphatic heterocycles. The molecule has 1 unspecified atom stereocenters. The van der Waals surface area contributed by atoms with Crippen molar-refractivity contribution in [1.82, 2.24) is 20.4 Å². The molecule has 1 aromatic carbocycles. The van der Waals surface area contributed by atoms with E-state index in [1.165, 1.54) is 12.4 Å². The van der Waals surface area contributed by atoms with Crippen LogP contribution in [-0.4, -0.2) is 58.3 Å². The van der Waals surface area contributed by atoms with Gasteiger partial charge in [0.05, 0.1) is 30.0 Å². The van der Waals surface area contributed by atoms with Crippen molar-refractivity contribution in [3.05, 3.63) is 59.9 Å². The van der Waals surface area contributed by atoms with E-state index in [-0.39, 0.29) is 23.5 Å². The van der Waals surface area contributed by atoms with Crippen LogP contribution in [0.4, 0.5) is 0 Å². The molecule has 152 valence electrons. The van der Waals surface area contributed by atoms with Gasteiger partial charge in [0.25, 0.3) is 5.91 Å². The Morgan fingerprint density at radius 3 is 2.66 bits per heavy atom. The van der Waals surface area contributed by atoms with Gasteiger partial charge in [-0.15, -0.1) is 0 Å². The van der Waals surface area contributed by atoms with E-state index in [9.17, 15) is 9.59 Å². The van der Waals surface area contributed by atoms with E-state index in [2.05, 4.69) is 15.5 Å². The molecule has 2 aromatic rings. The highest BCUT2D eigenvalue weighted by Gasteiger charge is 2.41. The van der Waals surface area contributed by atoms with Crippen molar-refractivity contribution in [3.8, 4) is 0 Å². The predicted molar refractivity (Wildman–Crippen MR) is 107 cm³/mol. The van der Waals surface area contributed by atoms with E-state index in [0.29, 0.717) is 31.7 Å². The van der Waals surface area contributed by atoms with Crippen LogP contribution in [0.3, 0.4) is 0 Å². The lowest BCUT2D eigenvalue weighted by molar-refractivity contribution is -0.143. The van der Waals surface area contributed by atoms with Crippen LogP contribution < -0.4 is 5.32 Å². The summed E-state index contributed by atoms with van der Waals surface area (Å²) in [6.45, 7) is 2.01. The summed E-state index contributed by atoms with van der Waals surface area (Å²) >= 11 is 0. The maximum absolute atomic E-state index is 12.6. The number of aromatic nitrogens is 2. The number of nitrogens with one attached hydrogen (secondary N) is 1. The summed E-state index contributed by atoms with van der Waals surface area (Å²) in [4.78, 5) is 27.0. The molecule has 3 heterocycles. The fourth-order valence-electron chi connectivity index (χ4n) is 4.24. The Kier molecular flexibility index (Phi) is 5.85. The van der Waals surface area contributed by atoms with Gasteiger partial charge in [-0.25, -0.2) is 0 Å². The van der Waals surface area contributed by atoms with Crippen LogP contribution in [0.2, 0.25) is 0 Å². The second-order valence-corrected chi connectivity index (χ2v) is 7.87. The summed E-state index contributed by atoms with van der Waals surface area (Å²) in [6, 6.07) is 11.6. The highest BCUT2D eigenvalue weighted by atomic mass is 16.5. The minimum atomic E-state index is -0.254. The van der Waals surface area contributed by atoms with E-state index in [1.807, 2.05) is 35.2 Å². The van der Waals surface area contributed by atoms with Crippen LogP contribution in [-0.2, 0) is 16.0 Å². The first kappa shape index (κ1) is 19.5. The molecule has 7 heteroatoms. The van der Waals surface area contributed by atoms with Crippen molar-refractivity contribution in [1.29, 1.82) is 0 Å². The summed E-state index contributed by atoms with van der Waals surface area (Å²) in [7, 11) is 0. The molecular weight excluding hydrogens is 368 g/mol. The smallest absolute Gasteiger partial charge is 0.253 e. The maximum Gasteiger partial charge on any atom is 0.253 e. The number of carbonyl (C=O) groups is 2. The zero-order valence-corrected chi connectivity index (χ0v) is 16.4. The molecule has 2 saturated heterocycles. The van der Waals surface area contributed by atoms with Crippen LogP contribution in [0.1, 0.15) is 41.6 Å². The average molecular weight is 394 g/mol. The normalized spacial score (nSPS) is 21.0. The molecule has 0 aliphatic carbocycles. The van der Waals surface area contributed by atoms with Gasteiger partial charge >= 0.3 is 0 Å². The molecule has 0 bridgehead atoms. The Morgan fingerprint density at radius 2 is 1.93 bits per heavy atom. The van der Waals surface area contributed by atoms with Crippen LogP contribution >= 0.6 is 0 Å². The first-order valence-electron chi connectivity index (χ1n) is 10.2. The van der Waals surface area contributed by atoms with Gasteiger partial charge in [-0.2, -0.15) is 10.2 Å². The number of likely N-dealkylation sites (tertiary alicyclic amines) is 1. The van der Waals surface area contributed by atoms with E-state index in [4.69, 9.17) is 4.74 Å². The fourth-order valence-corrected chi connectivity index (χ4v) is 4.24. The van der Waals surface area contributed by atoms with E-state index in [1.54, 1.807) is 6.07 Å². The first-order chi connectivity index (χ1) is 14.1. The molecule has 7 nitrogen and oxygen atoms in total. The van der Waals surface area contributed by atoms with Crippen molar-refractivity contribution < 1.29 is 14.3 Å². The molecule has 1 atom stereocenters. The molecule has 1 aromatic heterocycles. The summed E-state index contributed by atoms with van der Waals surface area (Å²) < 4.78 is 6.16. The molecule has 0 radical (unpaired) electrons. The number of ether oxygens (including phenoxy) is 1. The van der Waals surface area contributed by atoms with Gasteiger partial charge in [-0.3, -0.25) is 9.59 Å². The van der Waals surface area contributed by atoms with Gasteiger partial charge in [-0.1, -0.05) is 30.3 Å². The first-order valence-corrected chi connectivity index (χ1v) is 10.2. The summed E-state index contributed by atoms with van der Waals surface area (Å²) in [5, 5.41) is 10.6. The quantitative estimate of drug-likeness (QED) is 0.857. The zero-order valence-electron chi connectivity index (χ0n) is 16.4. The second-order valence-electron chi connectivity index (χ2n) is 7.87.